The molecule has 0 atom stereocenters. The first kappa shape index (κ1) is 15.1. The predicted molar refractivity (Wildman–Crippen MR) is 78.6 cm³/mol. The minimum atomic E-state index is -0.411. The highest BCUT2D eigenvalue weighted by molar-refractivity contribution is 5.82. The molecule has 0 fully saturated rings. The van der Waals surface area contributed by atoms with Crippen molar-refractivity contribution < 1.29 is 4.92 Å². The lowest BCUT2D eigenvalue weighted by atomic mass is 10.1. The van der Waals surface area contributed by atoms with Crippen LogP contribution in [-0.2, 0) is 0 Å². The number of anilines is 1. The van der Waals surface area contributed by atoms with Crippen LogP contribution in [-0.4, -0.2) is 10.6 Å². The Kier molecular flexibility index (Phi) is 6.57. The number of hydrogen-bond donors (Lipinski definition) is 1. The number of unbranched alkanes of at least 4 members (excludes halogenated alkanes) is 3. The van der Waals surface area contributed by atoms with E-state index in [1.54, 1.807) is 12.1 Å². The summed E-state index contributed by atoms with van der Waals surface area (Å²) in [5.41, 5.74) is 4.82. The van der Waals surface area contributed by atoms with Gasteiger partial charge >= 0.3 is 0 Å². The molecule has 1 aromatic rings. The van der Waals surface area contributed by atoms with Crippen molar-refractivity contribution in [3.63, 3.8) is 0 Å². The first-order valence-electron chi connectivity index (χ1n) is 6.67. The van der Waals surface area contributed by atoms with E-state index in [0.717, 1.165) is 24.2 Å². The molecule has 0 aromatic heterocycles. The highest BCUT2D eigenvalue weighted by Gasteiger charge is 2.03. The van der Waals surface area contributed by atoms with Crippen molar-refractivity contribution >= 4 is 17.1 Å². The molecule has 1 rings (SSSR count). The quantitative estimate of drug-likeness (QED) is 0.328. The second kappa shape index (κ2) is 8.24. The van der Waals surface area contributed by atoms with Gasteiger partial charge in [0.2, 0.25) is 0 Å². The summed E-state index contributed by atoms with van der Waals surface area (Å²) < 4.78 is 0. The fourth-order valence-electron chi connectivity index (χ4n) is 1.68. The van der Waals surface area contributed by atoms with Gasteiger partial charge in [-0.2, -0.15) is 5.10 Å². The molecule has 0 spiro atoms. The molecular weight excluding hydrogens is 242 g/mol. The van der Waals surface area contributed by atoms with E-state index in [4.69, 9.17) is 0 Å². The molecule has 0 aliphatic carbocycles. The minimum Gasteiger partial charge on any atom is -0.279 e. The normalized spacial score (nSPS) is 11.4. The number of rotatable bonds is 8. The van der Waals surface area contributed by atoms with Crippen molar-refractivity contribution in [3.05, 3.63) is 34.4 Å². The Morgan fingerprint density at radius 2 is 1.95 bits per heavy atom. The smallest absolute Gasteiger partial charge is 0.269 e. The zero-order valence-electron chi connectivity index (χ0n) is 11.6. The third-order valence-corrected chi connectivity index (χ3v) is 2.85. The van der Waals surface area contributed by atoms with Crippen molar-refractivity contribution in [1.29, 1.82) is 0 Å². The molecule has 1 N–H and O–H groups in total. The van der Waals surface area contributed by atoms with E-state index in [2.05, 4.69) is 17.5 Å². The summed E-state index contributed by atoms with van der Waals surface area (Å²) in [6.07, 6.45) is 5.88. The molecule has 0 heterocycles. The average molecular weight is 263 g/mol. The highest BCUT2D eigenvalue weighted by atomic mass is 16.6. The van der Waals surface area contributed by atoms with Crippen LogP contribution in [0.5, 0.6) is 0 Å². The van der Waals surface area contributed by atoms with Crippen molar-refractivity contribution in [1.82, 2.24) is 0 Å². The maximum Gasteiger partial charge on any atom is 0.269 e. The van der Waals surface area contributed by atoms with Gasteiger partial charge in [-0.3, -0.25) is 15.5 Å². The van der Waals surface area contributed by atoms with Crippen LogP contribution in [0.25, 0.3) is 0 Å². The van der Waals surface area contributed by atoms with Crippen LogP contribution in [0.2, 0.25) is 0 Å². The van der Waals surface area contributed by atoms with Crippen LogP contribution in [0, 0.1) is 10.1 Å². The van der Waals surface area contributed by atoms with Gasteiger partial charge < -0.3 is 0 Å². The predicted octanol–water partition coefficient (Wildman–Crippen LogP) is 4.35. The SMILES string of the molecule is CCCCCC/C(C)=N\Nc1ccc([N+](=O)[O-])cc1. The molecule has 0 amide bonds. The van der Waals surface area contributed by atoms with Gasteiger partial charge in [-0.05, 0) is 31.9 Å². The van der Waals surface area contributed by atoms with Gasteiger partial charge in [-0.15, -0.1) is 0 Å². The second-order valence-corrected chi connectivity index (χ2v) is 4.57. The minimum absolute atomic E-state index is 0.0887. The number of hydrogen-bond acceptors (Lipinski definition) is 4. The summed E-state index contributed by atoms with van der Waals surface area (Å²) in [6, 6.07) is 6.25. The van der Waals surface area contributed by atoms with E-state index in [9.17, 15) is 10.1 Å². The van der Waals surface area contributed by atoms with Gasteiger partial charge in [0.15, 0.2) is 0 Å². The number of nitrogens with zero attached hydrogens (tertiary/aromatic N) is 2. The fourth-order valence-corrected chi connectivity index (χ4v) is 1.68. The Bertz CT molecular complexity index is 427. The fraction of sp³-hybridized carbons (Fsp3) is 0.500. The number of non-ortho nitro benzene ring substituents is 1. The van der Waals surface area contributed by atoms with Crippen molar-refractivity contribution in [2.45, 2.75) is 46.0 Å². The molecule has 0 aliphatic heterocycles. The molecule has 5 heteroatoms. The molecule has 0 bridgehead atoms. The zero-order chi connectivity index (χ0) is 14.1. The summed E-state index contributed by atoms with van der Waals surface area (Å²) in [5, 5.41) is 14.8. The van der Waals surface area contributed by atoms with Crippen molar-refractivity contribution in [3.8, 4) is 0 Å². The third-order valence-electron chi connectivity index (χ3n) is 2.85. The molecule has 19 heavy (non-hydrogen) atoms. The van der Waals surface area contributed by atoms with Crippen molar-refractivity contribution in [2.24, 2.45) is 5.10 Å². The van der Waals surface area contributed by atoms with E-state index in [1.165, 1.54) is 31.4 Å². The van der Waals surface area contributed by atoms with Crippen LogP contribution >= 0.6 is 0 Å². The van der Waals surface area contributed by atoms with E-state index in [0.29, 0.717) is 0 Å². The third kappa shape index (κ3) is 5.99. The van der Waals surface area contributed by atoms with Gasteiger partial charge in [-0.25, -0.2) is 0 Å². The molecule has 104 valence electrons. The van der Waals surface area contributed by atoms with Crippen LogP contribution in [0.1, 0.15) is 46.0 Å². The van der Waals surface area contributed by atoms with Crippen LogP contribution in [0.4, 0.5) is 11.4 Å². The van der Waals surface area contributed by atoms with E-state index in [1.807, 2.05) is 6.92 Å². The monoisotopic (exact) mass is 263 g/mol. The van der Waals surface area contributed by atoms with Gasteiger partial charge in [0.05, 0.1) is 10.6 Å². The van der Waals surface area contributed by atoms with Gasteiger partial charge in [0.1, 0.15) is 0 Å². The Labute approximate surface area is 113 Å². The van der Waals surface area contributed by atoms with Gasteiger partial charge in [0, 0.05) is 17.8 Å². The number of nitrogens with one attached hydrogen (secondary N) is 1. The van der Waals surface area contributed by atoms with Crippen LogP contribution < -0.4 is 5.43 Å². The van der Waals surface area contributed by atoms with Crippen molar-refractivity contribution in [2.75, 3.05) is 5.43 Å². The molecule has 0 saturated heterocycles. The standard InChI is InChI=1S/C14H21N3O2/c1-3-4-5-6-7-12(2)15-16-13-8-10-14(11-9-13)17(18)19/h8-11,16H,3-7H2,1-2H3/b15-12-. The Balaban J connectivity index is 2.39. The first-order chi connectivity index (χ1) is 9.13. The maximum absolute atomic E-state index is 10.5. The average Bonchev–Trinajstić information content (AvgIpc) is 2.42. The number of hydrazone groups is 1. The number of nitro groups is 1. The highest BCUT2D eigenvalue weighted by Crippen LogP contribution is 2.15. The van der Waals surface area contributed by atoms with Gasteiger partial charge in [0.25, 0.3) is 5.69 Å². The Hall–Kier alpha value is -1.91. The molecule has 0 saturated carbocycles. The molecule has 5 nitrogen and oxygen atoms in total. The lowest BCUT2D eigenvalue weighted by Gasteiger charge is -2.03. The van der Waals surface area contributed by atoms with E-state index >= 15 is 0 Å². The molecule has 0 aliphatic rings. The zero-order valence-corrected chi connectivity index (χ0v) is 11.6. The molecule has 0 unspecified atom stereocenters. The molecule has 0 radical (unpaired) electrons. The first-order valence-corrected chi connectivity index (χ1v) is 6.67. The number of benzene rings is 1. The molecule has 1 aromatic carbocycles. The summed E-state index contributed by atoms with van der Waals surface area (Å²) >= 11 is 0. The van der Waals surface area contributed by atoms with Crippen LogP contribution in [0.3, 0.4) is 0 Å². The van der Waals surface area contributed by atoms with Gasteiger partial charge in [-0.1, -0.05) is 26.2 Å². The lowest BCUT2D eigenvalue weighted by Crippen LogP contribution is -1.98. The summed E-state index contributed by atoms with van der Waals surface area (Å²) in [6.45, 7) is 4.18. The Morgan fingerprint density at radius 3 is 2.53 bits per heavy atom. The van der Waals surface area contributed by atoms with E-state index < -0.39 is 4.92 Å². The van der Waals surface area contributed by atoms with Crippen LogP contribution in [0.15, 0.2) is 29.4 Å². The second-order valence-electron chi connectivity index (χ2n) is 4.57. The largest absolute Gasteiger partial charge is 0.279 e. The maximum atomic E-state index is 10.5. The summed E-state index contributed by atoms with van der Waals surface area (Å²) in [5.74, 6) is 0. The molecular formula is C14H21N3O2. The Morgan fingerprint density at radius 1 is 1.26 bits per heavy atom. The van der Waals surface area contributed by atoms with E-state index in [-0.39, 0.29) is 5.69 Å². The summed E-state index contributed by atoms with van der Waals surface area (Å²) in [4.78, 5) is 10.1. The topological polar surface area (TPSA) is 67.5 Å². The number of nitro benzene ring substituents is 1. The lowest BCUT2D eigenvalue weighted by molar-refractivity contribution is -0.384. The summed E-state index contributed by atoms with van der Waals surface area (Å²) in [7, 11) is 0.